The fraction of sp³-hybridized carbons (Fsp3) is 0.167. The summed E-state index contributed by atoms with van der Waals surface area (Å²) < 4.78 is 16.2. The van der Waals surface area contributed by atoms with E-state index in [-0.39, 0.29) is 24.6 Å². The molecule has 9 heteroatoms. The Morgan fingerprint density at radius 1 is 1.00 bits per heavy atom. The third-order valence-corrected chi connectivity index (χ3v) is 4.63. The number of ether oxygens (including phenoxy) is 3. The Labute approximate surface area is 190 Å². The van der Waals surface area contributed by atoms with Crippen LogP contribution < -0.4 is 19.6 Å². The van der Waals surface area contributed by atoms with Gasteiger partial charge in [-0.05, 0) is 53.1 Å². The summed E-state index contributed by atoms with van der Waals surface area (Å²) in [5.41, 5.74) is 4.84. The Morgan fingerprint density at radius 3 is 2.42 bits per heavy atom. The number of amides is 1. The van der Waals surface area contributed by atoms with E-state index in [1.165, 1.54) is 25.5 Å². The summed E-state index contributed by atoms with van der Waals surface area (Å²) >= 11 is 0. The fourth-order valence-corrected chi connectivity index (χ4v) is 2.96. The van der Waals surface area contributed by atoms with Crippen LogP contribution in [-0.2, 0) is 17.8 Å². The van der Waals surface area contributed by atoms with Crippen molar-refractivity contribution in [2.45, 2.75) is 13.0 Å². The van der Waals surface area contributed by atoms with E-state index in [9.17, 15) is 14.9 Å². The summed E-state index contributed by atoms with van der Waals surface area (Å²) in [5.74, 6) is 1.48. The number of rotatable bonds is 10. The van der Waals surface area contributed by atoms with Crippen LogP contribution in [0.15, 0.2) is 71.8 Å². The zero-order chi connectivity index (χ0) is 23.6. The predicted molar refractivity (Wildman–Crippen MR) is 123 cm³/mol. The lowest BCUT2D eigenvalue weighted by Crippen LogP contribution is -2.19. The molecule has 0 aromatic heterocycles. The molecule has 3 aromatic carbocycles. The van der Waals surface area contributed by atoms with E-state index in [1.807, 2.05) is 6.07 Å². The molecular weight excluding hydrogens is 426 g/mol. The molecule has 0 saturated heterocycles. The number of hydrogen-bond donors (Lipinski definition) is 1. The molecule has 0 heterocycles. The van der Waals surface area contributed by atoms with Gasteiger partial charge in [-0.3, -0.25) is 14.9 Å². The van der Waals surface area contributed by atoms with Gasteiger partial charge in [-0.25, -0.2) is 5.43 Å². The summed E-state index contributed by atoms with van der Waals surface area (Å²) in [6.07, 6.45) is 1.65. The first-order valence-corrected chi connectivity index (χ1v) is 9.97. The first-order chi connectivity index (χ1) is 16.0. The Morgan fingerprint density at radius 2 is 1.73 bits per heavy atom. The van der Waals surface area contributed by atoms with E-state index < -0.39 is 4.92 Å². The Hall–Kier alpha value is -4.40. The first kappa shape index (κ1) is 23.3. The van der Waals surface area contributed by atoms with Crippen LogP contribution >= 0.6 is 0 Å². The lowest BCUT2D eigenvalue weighted by atomic mass is 10.1. The van der Waals surface area contributed by atoms with Crippen molar-refractivity contribution in [2.24, 2.45) is 5.10 Å². The molecule has 0 radical (unpaired) electrons. The van der Waals surface area contributed by atoms with Gasteiger partial charge in [-0.1, -0.05) is 18.2 Å². The summed E-state index contributed by atoms with van der Waals surface area (Å²) in [7, 11) is 3.09. The molecular formula is C24H23N3O6. The molecule has 3 aromatic rings. The van der Waals surface area contributed by atoms with Gasteiger partial charge in [0.2, 0.25) is 5.91 Å². The van der Waals surface area contributed by atoms with E-state index >= 15 is 0 Å². The topological polar surface area (TPSA) is 112 Å². The quantitative estimate of drug-likeness (QED) is 0.286. The monoisotopic (exact) mass is 449 g/mol. The van der Waals surface area contributed by atoms with Gasteiger partial charge in [0.05, 0.1) is 31.8 Å². The van der Waals surface area contributed by atoms with Gasteiger partial charge in [0, 0.05) is 12.1 Å². The van der Waals surface area contributed by atoms with Crippen molar-refractivity contribution in [3.05, 3.63) is 93.5 Å². The maximum Gasteiger partial charge on any atom is 0.269 e. The molecule has 33 heavy (non-hydrogen) atoms. The zero-order valence-electron chi connectivity index (χ0n) is 18.2. The standard InChI is InChI=1S/C24H23N3O6/c1-31-22-11-8-18(13-23(22)32-2)14-24(28)26-25-15-19-4-3-5-21(12-19)33-16-17-6-9-20(10-7-17)27(29)30/h3-13,15H,14,16H2,1-2H3,(H,26,28)/b25-15+. The van der Waals surface area contributed by atoms with E-state index in [4.69, 9.17) is 14.2 Å². The number of non-ortho nitro benzene ring substituents is 1. The molecule has 170 valence electrons. The van der Waals surface area contributed by atoms with Crippen molar-refractivity contribution in [2.75, 3.05) is 14.2 Å². The fourth-order valence-electron chi connectivity index (χ4n) is 2.96. The highest BCUT2D eigenvalue weighted by Crippen LogP contribution is 2.27. The average Bonchev–Trinajstić information content (AvgIpc) is 2.83. The van der Waals surface area contributed by atoms with Crippen LogP contribution in [0, 0.1) is 10.1 Å². The smallest absolute Gasteiger partial charge is 0.269 e. The molecule has 0 saturated carbocycles. The van der Waals surface area contributed by atoms with Crippen LogP contribution in [0.25, 0.3) is 0 Å². The van der Waals surface area contributed by atoms with Crippen molar-refractivity contribution >= 4 is 17.8 Å². The van der Waals surface area contributed by atoms with Crippen LogP contribution in [-0.4, -0.2) is 31.3 Å². The minimum Gasteiger partial charge on any atom is -0.493 e. The van der Waals surface area contributed by atoms with Crippen molar-refractivity contribution < 1.29 is 23.9 Å². The normalized spacial score (nSPS) is 10.6. The van der Waals surface area contributed by atoms with Crippen LogP contribution in [0.1, 0.15) is 16.7 Å². The minimum atomic E-state index is -0.444. The molecule has 1 amide bonds. The van der Waals surface area contributed by atoms with Crippen LogP contribution in [0.5, 0.6) is 17.2 Å². The number of nitro benzene ring substituents is 1. The first-order valence-electron chi connectivity index (χ1n) is 9.97. The molecule has 0 bridgehead atoms. The number of nitrogens with one attached hydrogen (secondary N) is 1. The molecule has 3 rings (SSSR count). The second-order valence-corrected chi connectivity index (χ2v) is 6.94. The molecule has 0 aliphatic carbocycles. The Balaban J connectivity index is 1.52. The van der Waals surface area contributed by atoms with Gasteiger partial charge in [0.15, 0.2) is 11.5 Å². The lowest BCUT2D eigenvalue weighted by Gasteiger charge is -2.09. The third-order valence-electron chi connectivity index (χ3n) is 4.63. The largest absolute Gasteiger partial charge is 0.493 e. The highest BCUT2D eigenvalue weighted by molar-refractivity contribution is 5.83. The molecule has 0 fully saturated rings. The molecule has 9 nitrogen and oxygen atoms in total. The number of methoxy groups -OCH3 is 2. The van der Waals surface area contributed by atoms with Gasteiger partial charge in [0.1, 0.15) is 12.4 Å². The number of nitrogens with zero attached hydrogens (tertiary/aromatic N) is 2. The average molecular weight is 449 g/mol. The summed E-state index contributed by atoms with van der Waals surface area (Å²) in [4.78, 5) is 22.5. The summed E-state index contributed by atoms with van der Waals surface area (Å²) in [6, 6.07) is 18.6. The lowest BCUT2D eigenvalue weighted by molar-refractivity contribution is -0.384. The molecule has 0 atom stereocenters. The number of benzene rings is 3. The summed E-state index contributed by atoms with van der Waals surface area (Å²) in [6.45, 7) is 0.265. The molecule has 0 spiro atoms. The Bertz CT molecular complexity index is 1150. The molecule has 0 aliphatic heterocycles. The van der Waals surface area contributed by atoms with Gasteiger partial charge in [0.25, 0.3) is 5.69 Å². The van der Waals surface area contributed by atoms with E-state index in [0.717, 1.165) is 16.7 Å². The van der Waals surface area contributed by atoms with Crippen molar-refractivity contribution in [1.29, 1.82) is 0 Å². The highest BCUT2D eigenvalue weighted by atomic mass is 16.6. The van der Waals surface area contributed by atoms with Gasteiger partial charge < -0.3 is 14.2 Å². The van der Waals surface area contributed by atoms with E-state index in [2.05, 4.69) is 10.5 Å². The van der Waals surface area contributed by atoms with Crippen LogP contribution in [0.2, 0.25) is 0 Å². The maximum atomic E-state index is 12.2. The Kier molecular flexibility index (Phi) is 7.96. The van der Waals surface area contributed by atoms with Crippen LogP contribution in [0.3, 0.4) is 0 Å². The number of carbonyl (C=O) groups is 1. The van der Waals surface area contributed by atoms with E-state index in [1.54, 1.807) is 55.6 Å². The zero-order valence-corrected chi connectivity index (χ0v) is 18.2. The minimum absolute atomic E-state index is 0.0325. The second-order valence-electron chi connectivity index (χ2n) is 6.94. The third kappa shape index (κ3) is 6.79. The molecule has 0 unspecified atom stereocenters. The van der Waals surface area contributed by atoms with Gasteiger partial charge in [-0.15, -0.1) is 0 Å². The second kappa shape index (κ2) is 11.3. The summed E-state index contributed by atoms with van der Waals surface area (Å²) in [5, 5.41) is 14.7. The van der Waals surface area contributed by atoms with Crippen molar-refractivity contribution in [3.8, 4) is 17.2 Å². The number of nitro groups is 1. The van der Waals surface area contributed by atoms with Crippen LogP contribution in [0.4, 0.5) is 5.69 Å². The van der Waals surface area contributed by atoms with Gasteiger partial charge in [-0.2, -0.15) is 5.10 Å². The van der Waals surface area contributed by atoms with Crippen molar-refractivity contribution in [3.63, 3.8) is 0 Å². The van der Waals surface area contributed by atoms with E-state index in [0.29, 0.717) is 17.2 Å². The number of hydrogen-bond acceptors (Lipinski definition) is 7. The number of carbonyl (C=O) groups excluding carboxylic acids is 1. The molecule has 0 aliphatic rings. The highest BCUT2D eigenvalue weighted by Gasteiger charge is 2.08. The maximum absolute atomic E-state index is 12.2. The molecule has 1 N–H and O–H groups in total. The van der Waals surface area contributed by atoms with Gasteiger partial charge >= 0.3 is 0 Å². The SMILES string of the molecule is COc1ccc(CC(=O)N/N=C/c2cccc(OCc3ccc([N+](=O)[O-])cc3)c2)cc1OC. The number of hydrazone groups is 1. The van der Waals surface area contributed by atoms with Crippen molar-refractivity contribution in [1.82, 2.24) is 5.43 Å². The predicted octanol–water partition coefficient (Wildman–Crippen LogP) is 3.88.